The van der Waals surface area contributed by atoms with Gasteiger partial charge in [-0.05, 0) is 91.8 Å². The van der Waals surface area contributed by atoms with Crippen molar-refractivity contribution in [3.05, 3.63) is 76.6 Å². The number of aromatic hydroxyl groups is 1. The maximum atomic E-state index is 14.9. The molecule has 11 rings (SSSR count). The van der Waals surface area contributed by atoms with Crippen molar-refractivity contribution in [3.63, 3.8) is 0 Å². The average Bonchev–Trinajstić information content (AvgIpc) is 0.947. The van der Waals surface area contributed by atoms with Crippen LogP contribution >= 0.6 is 35.8 Å². The number of hydrogen-bond acceptors (Lipinski definition) is 20. The normalized spacial score (nSPS) is 19.6. The summed E-state index contributed by atoms with van der Waals surface area (Å²) in [6, 6.07) is 8.28. The highest BCUT2D eigenvalue weighted by molar-refractivity contribution is 7.81. The molecule has 0 radical (unpaired) electrons. The molecule has 3 aliphatic carbocycles. The molecule has 108 heavy (non-hydrogen) atoms. The number of carbonyl (C=O) groups is 10. The molecule has 2 aromatic heterocycles. The molecule has 10 amide bonds. The van der Waals surface area contributed by atoms with E-state index in [2.05, 4.69) is 38.5 Å². The fourth-order valence-electron chi connectivity index (χ4n) is 15.0. The summed E-state index contributed by atoms with van der Waals surface area (Å²) in [7, 11) is 3.06. The molecular weight excluding hydrogens is 1460 g/mol. The molecular formula is C75H99Cl2N11O19S. The van der Waals surface area contributed by atoms with Crippen LogP contribution in [0.2, 0.25) is 0 Å². The zero-order valence-corrected chi connectivity index (χ0v) is 64.3. The molecule has 3 aromatic carbocycles. The van der Waals surface area contributed by atoms with Crippen LogP contribution in [0.15, 0.2) is 48.8 Å². The summed E-state index contributed by atoms with van der Waals surface area (Å²) >= 11 is 17.3. The Morgan fingerprint density at radius 2 is 1.22 bits per heavy atom. The number of nitrogens with two attached hydrogens (primary N) is 1. The Balaban J connectivity index is 0.617. The number of likely N-dealkylation sites (tertiary alicyclic amines) is 1. The molecule has 588 valence electrons. The van der Waals surface area contributed by atoms with Crippen molar-refractivity contribution in [3.8, 4) is 11.5 Å². The van der Waals surface area contributed by atoms with Gasteiger partial charge in [0.1, 0.15) is 12.4 Å². The Morgan fingerprint density at radius 1 is 0.713 bits per heavy atom. The Labute approximate surface area is 642 Å². The number of phenols is 1. The number of aromatic amines is 2. The number of ketones is 1. The number of halogens is 2. The number of Topliss-reactive ketones (excluding diaryl/α,β-unsaturated/α-hetero) is 1. The number of rotatable bonds is 42. The van der Waals surface area contributed by atoms with Crippen molar-refractivity contribution in [2.24, 2.45) is 28.4 Å². The summed E-state index contributed by atoms with van der Waals surface area (Å²) < 4.78 is 44.8. The number of urea groups is 1. The van der Waals surface area contributed by atoms with Gasteiger partial charge in [-0.1, -0.05) is 26.0 Å². The predicted molar refractivity (Wildman–Crippen MR) is 405 cm³/mol. The van der Waals surface area contributed by atoms with Crippen molar-refractivity contribution in [2.45, 2.75) is 109 Å². The number of imide groups is 1. The Bertz CT molecular complexity index is 4080. The summed E-state index contributed by atoms with van der Waals surface area (Å²) in [6.45, 7) is 12.0. The van der Waals surface area contributed by atoms with E-state index >= 15 is 0 Å². The number of H-pyrrole nitrogens is 2. The van der Waals surface area contributed by atoms with Gasteiger partial charge in [-0.2, -0.15) is 12.6 Å². The number of aromatic nitrogens is 2. The van der Waals surface area contributed by atoms with E-state index in [-0.39, 0.29) is 149 Å². The molecule has 0 spiro atoms. The number of carbonyl (C=O) groups excluding carboxylic acids is 10. The van der Waals surface area contributed by atoms with Gasteiger partial charge >= 0.3 is 18.2 Å². The fraction of sp³-hybridized carbons (Fsp3) is 0.573. The van der Waals surface area contributed by atoms with Crippen molar-refractivity contribution < 1.29 is 90.9 Å². The molecule has 30 nitrogen and oxygen atoms in total. The van der Waals surface area contributed by atoms with Crippen LogP contribution in [0.25, 0.3) is 21.8 Å². The topological polar surface area (TPSA) is 375 Å². The lowest BCUT2D eigenvalue weighted by Crippen LogP contribution is -2.73. The molecule has 8 N–H and O–H groups in total. The number of benzene rings is 3. The van der Waals surface area contributed by atoms with E-state index in [1.807, 2.05) is 26.2 Å². The zero-order chi connectivity index (χ0) is 77.6. The highest BCUT2D eigenvalue weighted by atomic mass is 35.5. The Morgan fingerprint density at radius 3 is 1.74 bits per heavy atom. The summed E-state index contributed by atoms with van der Waals surface area (Å²) in [6.07, 6.45) is 3.77. The van der Waals surface area contributed by atoms with E-state index in [1.165, 1.54) is 23.9 Å². The monoisotopic (exact) mass is 1560 g/mol. The number of amides is 10. The number of fused-ring (bicyclic) bond motifs is 6. The molecule has 5 heterocycles. The van der Waals surface area contributed by atoms with Crippen molar-refractivity contribution in [2.75, 3.05) is 160 Å². The maximum Gasteiger partial charge on any atom is 0.415 e. The lowest BCUT2D eigenvalue weighted by molar-refractivity contribution is -0.205. The number of hydrogen-bond donors (Lipinski definition) is 8. The molecule has 5 aromatic rings. The van der Waals surface area contributed by atoms with Gasteiger partial charge in [0.2, 0.25) is 35.4 Å². The minimum absolute atomic E-state index is 0.0248. The molecule has 3 aliphatic heterocycles. The van der Waals surface area contributed by atoms with Gasteiger partial charge in [0.25, 0.3) is 0 Å². The van der Waals surface area contributed by atoms with Gasteiger partial charge < -0.3 is 94.3 Å². The van der Waals surface area contributed by atoms with Crippen LogP contribution in [0.5, 0.6) is 11.5 Å². The van der Waals surface area contributed by atoms with Crippen molar-refractivity contribution in [1.82, 2.24) is 35.3 Å². The third-order valence-corrected chi connectivity index (χ3v) is 21.8. The lowest BCUT2D eigenvalue weighted by Gasteiger charge is -2.69. The quantitative estimate of drug-likeness (QED) is 0.00809. The molecule has 1 saturated heterocycles. The molecule has 3 saturated carbocycles. The van der Waals surface area contributed by atoms with Gasteiger partial charge in [0, 0.05) is 137 Å². The van der Waals surface area contributed by atoms with Gasteiger partial charge in [0.05, 0.1) is 130 Å². The third-order valence-electron chi connectivity index (χ3n) is 20.7. The minimum atomic E-state index is -0.905. The van der Waals surface area contributed by atoms with Crippen LogP contribution in [-0.2, 0) is 73.3 Å². The fourth-order valence-corrected chi connectivity index (χ4v) is 15.7. The highest BCUT2D eigenvalue weighted by Crippen LogP contribution is 2.75. The molecule has 5 atom stereocenters. The van der Waals surface area contributed by atoms with E-state index in [0.29, 0.717) is 131 Å². The van der Waals surface area contributed by atoms with E-state index < -0.39 is 58.1 Å². The number of phenolic OH excluding ortho intramolecular Hbond substituents is 1. The molecule has 2 bridgehead atoms. The zero-order valence-electron chi connectivity index (χ0n) is 61.9. The van der Waals surface area contributed by atoms with E-state index in [1.54, 1.807) is 60.0 Å². The minimum Gasteiger partial charge on any atom is -0.506 e. The number of nitrogens with one attached hydrogen (secondary N) is 5. The standard InChI is InChI=1S/C75H99Cl2N11O19S/c1-44(2)64(83-58(91)13-18-100-20-22-102-24-26-104-28-29-105-27-25-103-23-21-101-19-17-86-59(92)33-57(108)68(86)94)54(89)30-48(8-7-14-79-71(78)97)67(93)82-51-11-9-47(10-12-51)40-106-72(98)84(5)15-16-85(6)73(99)107-56-32-53-63(61-46(4)37-81-66(56)61)50(35-77)39-88(53)70(96)75-41-74(42-75,43-75)69(95)87-38-49(34-76)62-52(87)31-55(90)65-60(62)45(3)36-80-65/h9-12,31-32,36-37,44,48-50,57,64,80-81,90,108H,7-8,13-30,33-35,38-43H2,1-6H3,(H,82,93)(H,83,91)(H3,78,79,97)/t48-,49-,50-,57?,64+,74?,75?/m1/s1. The van der Waals surface area contributed by atoms with Crippen LogP contribution in [0.4, 0.5) is 31.4 Å². The number of likely N-dealkylation sites (N-methyl/N-ethyl adjacent to an activating group) is 2. The largest absolute Gasteiger partial charge is 0.506 e. The molecule has 4 fully saturated rings. The maximum absolute atomic E-state index is 14.9. The molecule has 1 unspecified atom stereocenters. The third kappa shape index (κ3) is 19.3. The Hall–Kier alpha value is -8.27. The number of anilines is 3. The summed E-state index contributed by atoms with van der Waals surface area (Å²) in [4.78, 5) is 146. The smallest absolute Gasteiger partial charge is 0.415 e. The first kappa shape index (κ1) is 82.2. The van der Waals surface area contributed by atoms with Gasteiger partial charge in [-0.25, -0.2) is 14.4 Å². The Kier molecular flexibility index (Phi) is 28.5. The summed E-state index contributed by atoms with van der Waals surface area (Å²) in [5.41, 5.74) is 10.8. The predicted octanol–water partition coefficient (Wildman–Crippen LogP) is 7.53. The number of primary amides is 1. The van der Waals surface area contributed by atoms with Gasteiger partial charge in [-0.15, -0.1) is 23.2 Å². The second-order valence-electron chi connectivity index (χ2n) is 28.8. The van der Waals surface area contributed by atoms with E-state index in [9.17, 15) is 53.1 Å². The first-order valence-electron chi connectivity index (χ1n) is 36.6. The SMILES string of the molecule is Cc1c[nH]c2c(O)cc3c(c12)[C@H](CCl)CN3C(=O)C12CC(C(=O)N3C[C@@H](CCl)c4c3cc(OC(=O)N(C)CCN(C)C(=O)OCc3ccc(NC(=O)[C@H](CCCNC(N)=O)CC(=O)[C@@H](NC(=O)CCOCCOCCOCCOCCOCCOCCN5C(=O)CC(S)C5=O)C(C)C)cc3)c3[nH]cc(C)c43)(C1)C2. The second kappa shape index (κ2) is 37.4. The van der Waals surface area contributed by atoms with Crippen LogP contribution < -0.4 is 36.2 Å². The first-order valence-corrected chi connectivity index (χ1v) is 38.2. The van der Waals surface area contributed by atoms with Gasteiger partial charge in [-0.3, -0.25) is 38.5 Å². The lowest BCUT2D eigenvalue weighted by atomic mass is 9.34. The number of thiol groups is 1. The van der Waals surface area contributed by atoms with Crippen LogP contribution in [-0.4, -0.2) is 245 Å². The number of nitrogens with zero attached hydrogens (tertiary/aromatic N) is 5. The van der Waals surface area contributed by atoms with Crippen molar-refractivity contribution in [1.29, 1.82) is 0 Å². The van der Waals surface area contributed by atoms with Crippen LogP contribution in [0.3, 0.4) is 0 Å². The summed E-state index contributed by atoms with van der Waals surface area (Å²) in [5.74, 6) is -2.72. The van der Waals surface area contributed by atoms with Crippen LogP contribution in [0.1, 0.15) is 105 Å². The van der Waals surface area contributed by atoms with Crippen molar-refractivity contribution >= 4 is 134 Å². The molecule has 6 aliphatic rings. The highest BCUT2D eigenvalue weighted by Gasteiger charge is 2.76. The van der Waals surface area contributed by atoms with E-state index in [4.69, 9.17) is 66.8 Å². The van der Waals surface area contributed by atoms with Gasteiger partial charge in [0.15, 0.2) is 11.5 Å². The average molecular weight is 1560 g/mol. The van der Waals surface area contributed by atoms with Crippen LogP contribution in [0, 0.1) is 36.5 Å². The number of ether oxygens (including phenoxy) is 8. The number of aryl methyl sites for hydroxylation is 2. The van der Waals surface area contributed by atoms with E-state index in [0.717, 1.165) is 37.9 Å². The molecule has 33 heteroatoms. The number of alkyl halides is 2. The summed E-state index contributed by atoms with van der Waals surface area (Å²) in [5, 5.41) is 20.3. The first-order chi connectivity index (χ1) is 51.8. The second-order valence-corrected chi connectivity index (χ2v) is 30.0.